The number of carboxylic acids is 1. The summed E-state index contributed by atoms with van der Waals surface area (Å²) in [6.45, 7) is 4.11. The van der Waals surface area contributed by atoms with E-state index in [4.69, 9.17) is 26.1 Å². The lowest BCUT2D eigenvalue weighted by atomic mass is 9.96. The quantitative estimate of drug-likeness (QED) is 0.304. The fourth-order valence-corrected chi connectivity index (χ4v) is 4.25. The standard InChI is InChI=1S/C27H25ClN2O5/c1-4-22-29-24-15(2)12-21(27(33)34-3)20(25(24)30-22)13-16-8-10-18(11-9-16)35-14-17-6-5-7-19(23(17)28)26(31)32/h5-12H,4,13-14H2,1-3H3,(H,29,30)(H,31,32). The van der Waals surface area contributed by atoms with Crippen molar-refractivity contribution in [3.63, 3.8) is 0 Å². The highest BCUT2D eigenvalue weighted by Gasteiger charge is 2.20. The van der Waals surface area contributed by atoms with Gasteiger partial charge in [-0.25, -0.2) is 14.6 Å². The minimum Gasteiger partial charge on any atom is -0.489 e. The molecule has 0 atom stereocenters. The van der Waals surface area contributed by atoms with Crippen LogP contribution in [0.4, 0.5) is 0 Å². The molecule has 4 aromatic rings. The zero-order valence-electron chi connectivity index (χ0n) is 19.6. The predicted molar refractivity (Wildman–Crippen MR) is 134 cm³/mol. The molecule has 0 spiro atoms. The summed E-state index contributed by atoms with van der Waals surface area (Å²) in [5, 5.41) is 9.40. The predicted octanol–water partition coefficient (Wildman–Crippen LogP) is 5.74. The Hall–Kier alpha value is -3.84. The van der Waals surface area contributed by atoms with Crippen LogP contribution in [0.15, 0.2) is 48.5 Å². The third kappa shape index (κ3) is 5.00. The Kier molecular flexibility index (Phi) is 7.07. The van der Waals surface area contributed by atoms with Crippen LogP contribution in [0.3, 0.4) is 0 Å². The molecule has 1 heterocycles. The topological polar surface area (TPSA) is 102 Å². The molecule has 3 aromatic carbocycles. The zero-order valence-corrected chi connectivity index (χ0v) is 20.4. The van der Waals surface area contributed by atoms with Gasteiger partial charge in [-0.1, -0.05) is 42.8 Å². The number of rotatable bonds is 8. The van der Waals surface area contributed by atoms with Crippen LogP contribution in [-0.4, -0.2) is 34.1 Å². The Morgan fingerprint density at radius 2 is 1.86 bits per heavy atom. The smallest absolute Gasteiger partial charge is 0.338 e. The number of aromatic amines is 1. The van der Waals surface area contributed by atoms with E-state index >= 15 is 0 Å². The SMILES string of the molecule is CCc1nc2c(Cc3ccc(OCc4cccc(C(=O)O)c4Cl)cc3)c(C(=O)OC)cc(C)c2[nH]1. The largest absolute Gasteiger partial charge is 0.489 e. The molecule has 0 fully saturated rings. The van der Waals surface area contributed by atoms with Gasteiger partial charge in [0.15, 0.2) is 0 Å². The lowest BCUT2D eigenvalue weighted by Gasteiger charge is -2.12. The van der Waals surface area contributed by atoms with Crippen molar-refractivity contribution in [3.8, 4) is 5.75 Å². The number of hydrogen-bond donors (Lipinski definition) is 2. The van der Waals surface area contributed by atoms with E-state index in [1.165, 1.54) is 13.2 Å². The molecule has 0 saturated heterocycles. The molecule has 0 saturated carbocycles. The number of aromatic carboxylic acids is 1. The molecule has 180 valence electrons. The van der Waals surface area contributed by atoms with Gasteiger partial charge >= 0.3 is 11.9 Å². The molecule has 2 N–H and O–H groups in total. The van der Waals surface area contributed by atoms with Gasteiger partial charge in [-0.05, 0) is 47.9 Å². The number of fused-ring (bicyclic) bond motifs is 1. The Morgan fingerprint density at radius 1 is 1.11 bits per heavy atom. The van der Waals surface area contributed by atoms with Gasteiger partial charge in [0.1, 0.15) is 18.2 Å². The molecule has 0 bridgehead atoms. The number of benzene rings is 3. The first-order valence-electron chi connectivity index (χ1n) is 11.1. The number of hydrogen-bond acceptors (Lipinski definition) is 5. The molecule has 0 aliphatic rings. The van der Waals surface area contributed by atoms with Gasteiger partial charge in [0, 0.05) is 18.4 Å². The molecule has 0 radical (unpaired) electrons. The lowest BCUT2D eigenvalue weighted by molar-refractivity contribution is 0.0598. The fourth-order valence-electron chi connectivity index (χ4n) is 3.99. The van der Waals surface area contributed by atoms with Crippen molar-refractivity contribution in [3.05, 3.63) is 92.8 Å². The first-order valence-corrected chi connectivity index (χ1v) is 11.5. The molecular weight excluding hydrogens is 468 g/mol. The summed E-state index contributed by atoms with van der Waals surface area (Å²) >= 11 is 6.20. The number of carbonyl (C=O) groups excluding carboxylic acids is 1. The van der Waals surface area contributed by atoms with Crippen LogP contribution < -0.4 is 4.74 Å². The summed E-state index contributed by atoms with van der Waals surface area (Å²) in [6, 6.07) is 14.2. The number of imidazole rings is 1. The molecule has 0 unspecified atom stereocenters. The number of methoxy groups -OCH3 is 1. The molecule has 35 heavy (non-hydrogen) atoms. The normalized spacial score (nSPS) is 11.0. The van der Waals surface area contributed by atoms with E-state index in [1.807, 2.05) is 44.2 Å². The minimum absolute atomic E-state index is 0.0403. The number of esters is 1. The molecule has 0 aliphatic carbocycles. The summed E-state index contributed by atoms with van der Waals surface area (Å²) in [4.78, 5) is 31.9. The van der Waals surface area contributed by atoms with Gasteiger partial charge in [-0.3, -0.25) is 0 Å². The molecule has 0 aliphatic heterocycles. The van der Waals surface area contributed by atoms with E-state index < -0.39 is 11.9 Å². The van der Waals surface area contributed by atoms with Crippen LogP contribution in [-0.2, 0) is 24.2 Å². The summed E-state index contributed by atoms with van der Waals surface area (Å²) in [5.74, 6) is -0.00579. The Bertz CT molecular complexity index is 1410. The highest BCUT2D eigenvalue weighted by atomic mass is 35.5. The van der Waals surface area contributed by atoms with E-state index in [1.54, 1.807) is 12.1 Å². The maximum Gasteiger partial charge on any atom is 0.338 e. The van der Waals surface area contributed by atoms with E-state index in [0.29, 0.717) is 23.3 Å². The second kappa shape index (κ2) is 10.2. The summed E-state index contributed by atoms with van der Waals surface area (Å²) < 4.78 is 10.9. The van der Waals surface area contributed by atoms with E-state index in [9.17, 15) is 14.7 Å². The van der Waals surface area contributed by atoms with Crippen LogP contribution in [0.25, 0.3) is 11.0 Å². The van der Waals surface area contributed by atoms with Crippen molar-refractivity contribution in [2.24, 2.45) is 0 Å². The Labute approximate surface area is 207 Å². The molecule has 8 heteroatoms. The van der Waals surface area contributed by atoms with Gasteiger partial charge < -0.3 is 19.6 Å². The monoisotopic (exact) mass is 492 g/mol. The van der Waals surface area contributed by atoms with Crippen molar-refractivity contribution in [2.75, 3.05) is 7.11 Å². The zero-order chi connectivity index (χ0) is 25.1. The van der Waals surface area contributed by atoms with E-state index in [2.05, 4.69) is 4.98 Å². The Morgan fingerprint density at radius 3 is 2.51 bits per heavy atom. The van der Waals surface area contributed by atoms with Crippen LogP contribution in [0.5, 0.6) is 5.75 Å². The van der Waals surface area contributed by atoms with Gasteiger partial charge in [0.2, 0.25) is 0 Å². The number of carboxylic acid groups (broad SMARTS) is 1. The fraction of sp³-hybridized carbons (Fsp3) is 0.222. The maximum absolute atomic E-state index is 12.5. The first kappa shape index (κ1) is 24.3. The number of halogens is 1. The van der Waals surface area contributed by atoms with Crippen molar-refractivity contribution in [2.45, 2.75) is 33.3 Å². The summed E-state index contributed by atoms with van der Waals surface area (Å²) in [7, 11) is 1.37. The summed E-state index contributed by atoms with van der Waals surface area (Å²) in [5.41, 5.74) is 5.54. The van der Waals surface area contributed by atoms with Gasteiger partial charge in [-0.15, -0.1) is 0 Å². The average molecular weight is 493 g/mol. The summed E-state index contributed by atoms with van der Waals surface area (Å²) in [6.07, 6.45) is 1.24. The van der Waals surface area contributed by atoms with Crippen LogP contribution in [0.1, 0.15) is 55.7 Å². The third-order valence-corrected chi connectivity index (χ3v) is 6.31. The Balaban J connectivity index is 1.58. The van der Waals surface area contributed by atoms with Crippen LogP contribution in [0, 0.1) is 6.92 Å². The highest BCUT2D eigenvalue weighted by molar-refractivity contribution is 6.34. The molecule has 7 nitrogen and oxygen atoms in total. The lowest BCUT2D eigenvalue weighted by Crippen LogP contribution is -2.08. The maximum atomic E-state index is 12.5. The molecule has 0 amide bonds. The highest BCUT2D eigenvalue weighted by Crippen LogP contribution is 2.29. The molecule has 1 aromatic heterocycles. The number of carbonyl (C=O) groups is 2. The van der Waals surface area contributed by atoms with Crippen molar-refractivity contribution in [1.29, 1.82) is 0 Å². The first-order chi connectivity index (χ1) is 16.8. The molecular formula is C27H25ClN2O5. The number of ether oxygens (including phenoxy) is 2. The average Bonchev–Trinajstić information content (AvgIpc) is 3.30. The number of nitrogens with one attached hydrogen (secondary N) is 1. The van der Waals surface area contributed by atoms with Gasteiger partial charge in [0.05, 0.1) is 34.3 Å². The van der Waals surface area contributed by atoms with Crippen LogP contribution in [0.2, 0.25) is 5.02 Å². The second-order valence-corrected chi connectivity index (χ2v) is 8.54. The van der Waals surface area contributed by atoms with Crippen LogP contribution >= 0.6 is 11.6 Å². The van der Waals surface area contributed by atoms with Gasteiger partial charge in [-0.2, -0.15) is 0 Å². The van der Waals surface area contributed by atoms with Crippen molar-refractivity contribution >= 4 is 34.6 Å². The second-order valence-electron chi connectivity index (χ2n) is 8.17. The number of aromatic nitrogens is 2. The molecule has 4 rings (SSSR count). The number of H-pyrrole nitrogens is 1. The number of aryl methyl sites for hydroxylation is 2. The minimum atomic E-state index is -1.08. The van der Waals surface area contributed by atoms with E-state index in [-0.39, 0.29) is 17.2 Å². The number of nitrogens with zero attached hydrogens (tertiary/aromatic N) is 1. The van der Waals surface area contributed by atoms with E-state index in [0.717, 1.165) is 40.0 Å². The van der Waals surface area contributed by atoms with Crippen molar-refractivity contribution < 1.29 is 24.2 Å². The van der Waals surface area contributed by atoms with Gasteiger partial charge in [0.25, 0.3) is 0 Å². The van der Waals surface area contributed by atoms with Crippen molar-refractivity contribution in [1.82, 2.24) is 9.97 Å². The third-order valence-electron chi connectivity index (χ3n) is 5.87.